The molecule has 5 nitrogen and oxygen atoms in total. The molecule has 3 N–H and O–H groups in total. The van der Waals surface area contributed by atoms with E-state index < -0.39 is 5.97 Å². The Morgan fingerprint density at radius 3 is 2.90 bits per heavy atom. The number of hydrogen-bond donors (Lipinski definition) is 2. The molecule has 1 aliphatic heterocycles. The van der Waals surface area contributed by atoms with Gasteiger partial charge < -0.3 is 20.5 Å². The fourth-order valence-corrected chi connectivity index (χ4v) is 3.18. The zero-order chi connectivity index (χ0) is 15.4. The van der Waals surface area contributed by atoms with Gasteiger partial charge in [0.05, 0.1) is 36.0 Å². The van der Waals surface area contributed by atoms with Gasteiger partial charge >= 0.3 is 5.97 Å². The van der Waals surface area contributed by atoms with Gasteiger partial charge in [-0.25, -0.2) is 4.79 Å². The van der Waals surface area contributed by atoms with Crippen molar-refractivity contribution in [3.63, 3.8) is 0 Å². The van der Waals surface area contributed by atoms with Crippen molar-refractivity contribution in [2.75, 3.05) is 30.9 Å². The Bertz CT molecular complexity index is 522. The first-order valence-electron chi connectivity index (χ1n) is 7.13. The first-order valence-corrected chi connectivity index (χ1v) is 7.51. The van der Waals surface area contributed by atoms with Crippen molar-refractivity contribution < 1.29 is 14.6 Å². The number of aliphatic hydroxyl groups is 1. The first-order chi connectivity index (χ1) is 10.1. The molecule has 0 bridgehead atoms. The number of carbonyl (C=O) groups excluding carboxylic acids is 1. The molecular formula is C15H21ClN2O3. The fraction of sp³-hybridized carbons (Fsp3) is 0.533. The van der Waals surface area contributed by atoms with E-state index in [2.05, 4.69) is 0 Å². The quantitative estimate of drug-likeness (QED) is 0.662. The molecule has 1 unspecified atom stereocenters. The molecule has 1 saturated heterocycles. The number of halogens is 1. The maximum absolute atomic E-state index is 12.0. The van der Waals surface area contributed by atoms with Crippen molar-refractivity contribution in [3.8, 4) is 0 Å². The van der Waals surface area contributed by atoms with Crippen LogP contribution in [0.15, 0.2) is 12.1 Å². The van der Waals surface area contributed by atoms with Crippen LogP contribution in [0.5, 0.6) is 0 Å². The Hall–Kier alpha value is -1.46. The monoisotopic (exact) mass is 312 g/mol. The molecule has 21 heavy (non-hydrogen) atoms. The minimum absolute atomic E-state index is 0.0291. The normalized spacial score (nSPS) is 19.2. The molecule has 1 heterocycles. The number of benzene rings is 1. The fourth-order valence-electron chi connectivity index (χ4n) is 2.84. The van der Waals surface area contributed by atoms with Crippen molar-refractivity contribution >= 4 is 28.9 Å². The average Bonchev–Trinajstić information content (AvgIpc) is 2.70. The lowest BCUT2D eigenvalue weighted by Gasteiger charge is -2.33. The van der Waals surface area contributed by atoms with Gasteiger partial charge in [-0.2, -0.15) is 0 Å². The van der Waals surface area contributed by atoms with E-state index in [1.807, 2.05) is 4.90 Å². The molecule has 0 spiro atoms. The molecular weight excluding hydrogens is 292 g/mol. The second-order valence-corrected chi connectivity index (χ2v) is 5.68. The van der Waals surface area contributed by atoms with Gasteiger partial charge in [0.25, 0.3) is 0 Å². The summed E-state index contributed by atoms with van der Waals surface area (Å²) >= 11 is 6.33. The lowest BCUT2D eigenvalue weighted by molar-refractivity contribution is 0.0601. The highest BCUT2D eigenvalue weighted by molar-refractivity contribution is 6.34. The third-order valence-corrected chi connectivity index (χ3v) is 4.15. The van der Waals surface area contributed by atoms with E-state index in [1.54, 1.807) is 12.1 Å². The van der Waals surface area contributed by atoms with E-state index >= 15 is 0 Å². The summed E-state index contributed by atoms with van der Waals surface area (Å²) in [5, 5.41) is 10.1. The molecule has 0 radical (unpaired) electrons. The maximum Gasteiger partial charge on any atom is 0.340 e. The zero-order valence-electron chi connectivity index (χ0n) is 12.1. The molecule has 1 aliphatic rings. The molecule has 1 fully saturated rings. The standard InChI is InChI=1S/C15H21ClN2O3/c1-21-15(20)12-7-10(17)8-13(16)14(12)18-6-4-2-3-5-11(18)9-19/h7-8,11,19H,2-6,9,17H2,1H3. The van der Waals surface area contributed by atoms with Crippen molar-refractivity contribution in [2.24, 2.45) is 0 Å². The summed E-state index contributed by atoms with van der Waals surface area (Å²) in [6.45, 7) is 0.778. The smallest absolute Gasteiger partial charge is 0.340 e. The van der Waals surface area contributed by atoms with E-state index in [-0.39, 0.29) is 12.6 Å². The van der Waals surface area contributed by atoms with Crippen molar-refractivity contribution in [1.82, 2.24) is 0 Å². The molecule has 0 amide bonds. The minimum Gasteiger partial charge on any atom is -0.465 e. The second kappa shape index (κ2) is 7.00. The summed E-state index contributed by atoms with van der Waals surface area (Å²) in [7, 11) is 1.33. The Morgan fingerprint density at radius 2 is 2.24 bits per heavy atom. The predicted molar refractivity (Wildman–Crippen MR) is 83.9 cm³/mol. The highest BCUT2D eigenvalue weighted by atomic mass is 35.5. The van der Waals surface area contributed by atoms with Gasteiger partial charge in [0.15, 0.2) is 0 Å². The summed E-state index contributed by atoms with van der Waals surface area (Å²) in [6.07, 6.45) is 4.03. The van der Waals surface area contributed by atoms with Gasteiger partial charge in [0.2, 0.25) is 0 Å². The summed E-state index contributed by atoms with van der Waals surface area (Å²) in [6, 6.07) is 3.16. The van der Waals surface area contributed by atoms with Gasteiger partial charge in [0.1, 0.15) is 0 Å². The number of hydrogen-bond acceptors (Lipinski definition) is 5. The van der Waals surface area contributed by atoms with Crippen LogP contribution >= 0.6 is 11.6 Å². The van der Waals surface area contributed by atoms with Crippen LogP contribution in [0.1, 0.15) is 36.0 Å². The summed E-state index contributed by atoms with van der Waals surface area (Å²) in [5.74, 6) is -0.472. The van der Waals surface area contributed by atoms with Gasteiger partial charge in [-0.15, -0.1) is 0 Å². The van der Waals surface area contributed by atoms with Crippen LogP contribution in [0.25, 0.3) is 0 Å². The topological polar surface area (TPSA) is 75.8 Å². The number of nitrogens with zero attached hydrogens (tertiary/aromatic N) is 1. The predicted octanol–water partition coefficient (Wildman–Crippen LogP) is 2.45. The van der Waals surface area contributed by atoms with Crippen LogP contribution in [0.2, 0.25) is 5.02 Å². The van der Waals surface area contributed by atoms with E-state index in [0.717, 1.165) is 32.2 Å². The lowest BCUT2D eigenvalue weighted by Crippen LogP contribution is -2.38. The second-order valence-electron chi connectivity index (χ2n) is 5.27. The molecule has 0 aromatic heterocycles. The number of anilines is 2. The first kappa shape index (κ1) is 15.9. The van der Waals surface area contributed by atoms with E-state index in [4.69, 9.17) is 22.1 Å². The van der Waals surface area contributed by atoms with E-state index in [1.165, 1.54) is 7.11 Å². The molecule has 0 saturated carbocycles. The molecule has 1 atom stereocenters. The Labute approximate surface area is 129 Å². The van der Waals surface area contributed by atoms with Gasteiger partial charge in [0, 0.05) is 12.2 Å². The molecule has 116 valence electrons. The summed E-state index contributed by atoms with van der Waals surface area (Å²) in [5.41, 5.74) is 7.16. The van der Waals surface area contributed by atoms with Gasteiger partial charge in [-0.1, -0.05) is 24.4 Å². The SMILES string of the molecule is COC(=O)c1cc(N)cc(Cl)c1N1CCCCCC1CO. The third kappa shape index (κ3) is 3.41. The largest absolute Gasteiger partial charge is 0.465 e. The third-order valence-electron chi connectivity index (χ3n) is 3.87. The number of nitrogen functional groups attached to an aromatic ring is 1. The van der Waals surface area contributed by atoms with Gasteiger partial charge in [-0.3, -0.25) is 0 Å². The summed E-state index contributed by atoms with van der Waals surface area (Å²) in [4.78, 5) is 14.1. The Balaban J connectivity index is 2.51. The molecule has 1 aromatic rings. The molecule has 2 rings (SSSR count). The zero-order valence-corrected chi connectivity index (χ0v) is 12.9. The van der Waals surface area contributed by atoms with Crippen molar-refractivity contribution in [3.05, 3.63) is 22.7 Å². The average molecular weight is 313 g/mol. The molecule has 0 aliphatic carbocycles. The number of methoxy groups -OCH3 is 1. The van der Waals surface area contributed by atoms with Crippen LogP contribution in [-0.4, -0.2) is 37.4 Å². The van der Waals surface area contributed by atoms with Crippen LogP contribution in [0, 0.1) is 0 Å². The van der Waals surface area contributed by atoms with Crippen molar-refractivity contribution in [1.29, 1.82) is 0 Å². The maximum atomic E-state index is 12.0. The number of aliphatic hydroxyl groups excluding tert-OH is 1. The Morgan fingerprint density at radius 1 is 1.48 bits per heavy atom. The molecule has 6 heteroatoms. The van der Waals surface area contributed by atoms with Crippen LogP contribution < -0.4 is 10.6 Å². The number of rotatable bonds is 3. The highest BCUT2D eigenvalue weighted by Crippen LogP contribution is 2.36. The van der Waals surface area contributed by atoms with Crippen LogP contribution in [0.4, 0.5) is 11.4 Å². The van der Waals surface area contributed by atoms with E-state index in [9.17, 15) is 9.90 Å². The number of esters is 1. The molecule has 1 aromatic carbocycles. The van der Waals surface area contributed by atoms with E-state index in [0.29, 0.717) is 22.0 Å². The van der Waals surface area contributed by atoms with Gasteiger partial charge in [-0.05, 0) is 25.0 Å². The van der Waals surface area contributed by atoms with Crippen LogP contribution in [0.3, 0.4) is 0 Å². The van der Waals surface area contributed by atoms with Crippen LogP contribution in [-0.2, 0) is 4.74 Å². The highest BCUT2D eigenvalue weighted by Gasteiger charge is 2.27. The number of nitrogens with two attached hydrogens (primary N) is 1. The number of ether oxygens (including phenoxy) is 1. The summed E-state index contributed by atoms with van der Waals surface area (Å²) < 4.78 is 4.84. The van der Waals surface area contributed by atoms with Crippen molar-refractivity contribution in [2.45, 2.75) is 31.7 Å². The minimum atomic E-state index is -0.472. The number of carbonyl (C=O) groups is 1. The lowest BCUT2D eigenvalue weighted by atomic mass is 10.1. The Kier molecular flexibility index (Phi) is 5.31.